The van der Waals surface area contributed by atoms with E-state index in [2.05, 4.69) is 10.4 Å². The predicted octanol–water partition coefficient (Wildman–Crippen LogP) is 4.21. The van der Waals surface area contributed by atoms with Crippen molar-refractivity contribution in [3.8, 4) is 0 Å². The molecule has 0 unspecified atom stereocenters. The van der Waals surface area contributed by atoms with Crippen LogP contribution in [0.5, 0.6) is 0 Å². The molecule has 0 bridgehead atoms. The number of benzene rings is 2. The van der Waals surface area contributed by atoms with Gasteiger partial charge in [-0.3, -0.25) is 4.79 Å². The molecule has 2 aromatic carbocycles. The first kappa shape index (κ1) is 25.9. The lowest BCUT2D eigenvalue weighted by molar-refractivity contribution is 0.0952. The van der Waals surface area contributed by atoms with Crippen LogP contribution in [0, 0.1) is 6.92 Å². The van der Waals surface area contributed by atoms with Gasteiger partial charge in [0.25, 0.3) is 5.91 Å². The van der Waals surface area contributed by atoms with Crippen LogP contribution in [0.15, 0.2) is 77.8 Å². The van der Waals surface area contributed by atoms with Gasteiger partial charge in [0.05, 0.1) is 21.7 Å². The Bertz CT molecular complexity index is 1540. The van der Waals surface area contributed by atoms with E-state index in [0.717, 1.165) is 22.3 Å². The fourth-order valence-electron chi connectivity index (χ4n) is 5.08. The highest BCUT2D eigenvalue weighted by atomic mass is 32.2. The largest absolute Gasteiger partial charge is 0.378 e. The molecule has 0 spiro atoms. The third kappa shape index (κ3) is 5.16. The lowest BCUT2D eigenvalue weighted by atomic mass is 9.90. The lowest BCUT2D eigenvalue weighted by Crippen LogP contribution is -2.37. The molecule has 0 radical (unpaired) electrons. The number of piperidine rings is 1. The van der Waals surface area contributed by atoms with Crippen LogP contribution in [-0.2, 0) is 16.6 Å². The van der Waals surface area contributed by atoms with Crippen LogP contribution < -0.4 is 10.2 Å². The van der Waals surface area contributed by atoms with Crippen molar-refractivity contribution in [1.82, 2.24) is 19.2 Å². The Labute approximate surface area is 223 Å². The van der Waals surface area contributed by atoms with E-state index in [1.54, 1.807) is 21.0 Å². The highest BCUT2D eigenvalue weighted by Gasteiger charge is 2.30. The maximum atomic E-state index is 13.2. The number of sulfonamides is 1. The maximum absolute atomic E-state index is 13.2. The van der Waals surface area contributed by atoms with Gasteiger partial charge in [-0.2, -0.15) is 9.40 Å². The number of carbonyl (C=O) groups is 1. The van der Waals surface area contributed by atoms with E-state index in [1.165, 1.54) is 0 Å². The summed E-state index contributed by atoms with van der Waals surface area (Å²) < 4.78 is 29.8. The Morgan fingerprint density at radius 3 is 2.37 bits per heavy atom. The van der Waals surface area contributed by atoms with Gasteiger partial charge < -0.3 is 10.2 Å². The Morgan fingerprint density at radius 1 is 1.03 bits per heavy atom. The van der Waals surface area contributed by atoms with Gasteiger partial charge in [0.1, 0.15) is 0 Å². The number of carbonyl (C=O) groups excluding carboxylic acids is 1. The molecule has 1 amide bonds. The van der Waals surface area contributed by atoms with Gasteiger partial charge in [-0.05, 0) is 73.2 Å². The molecule has 1 aliphatic heterocycles. The summed E-state index contributed by atoms with van der Waals surface area (Å²) in [6.45, 7) is 3.20. The first-order valence-electron chi connectivity index (χ1n) is 12.8. The summed E-state index contributed by atoms with van der Waals surface area (Å²) in [4.78, 5) is 15.4. The van der Waals surface area contributed by atoms with Gasteiger partial charge in [0, 0.05) is 45.6 Å². The van der Waals surface area contributed by atoms with Crippen molar-refractivity contribution in [2.24, 2.45) is 0 Å². The van der Waals surface area contributed by atoms with Crippen LogP contribution in [0.3, 0.4) is 0 Å². The van der Waals surface area contributed by atoms with Crippen molar-refractivity contribution in [2.45, 2.75) is 37.1 Å². The van der Waals surface area contributed by atoms with Gasteiger partial charge in [0.15, 0.2) is 0 Å². The molecule has 1 fully saturated rings. The minimum atomic E-state index is -3.54. The van der Waals surface area contributed by atoms with E-state index in [1.807, 2.05) is 86.7 Å². The second-order valence-corrected chi connectivity index (χ2v) is 11.9. The van der Waals surface area contributed by atoms with E-state index in [-0.39, 0.29) is 11.8 Å². The van der Waals surface area contributed by atoms with Crippen LogP contribution in [-0.4, -0.2) is 55.4 Å². The van der Waals surface area contributed by atoms with Gasteiger partial charge in [0.2, 0.25) is 10.0 Å². The molecule has 1 saturated heterocycles. The summed E-state index contributed by atoms with van der Waals surface area (Å²) in [7, 11) is 0.314. The third-order valence-corrected chi connectivity index (χ3v) is 9.19. The number of nitrogens with zero attached hydrogens (tertiary/aromatic N) is 4. The highest BCUT2D eigenvalue weighted by molar-refractivity contribution is 7.89. The molecule has 1 N–H and O–H groups in total. The smallest absolute Gasteiger partial charge is 0.255 e. The molecule has 3 heterocycles. The predicted molar refractivity (Wildman–Crippen MR) is 149 cm³/mol. The normalized spacial score (nSPS) is 15.0. The summed E-state index contributed by atoms with van der Waals surface area (Å²) in [5.74, 6) is 0.0534. The SMILES string of the molecule is Cc1nn2ccc(C3CCN(S(=O)(=O)c4ccc(N(C)C)cc4)CC3)cc2c1C(=O)NCc1ccccc1. The zero-order valence-corrected chi connectivity index (χ0v) is 22.8. The van der Waals surface area contributed by atoms with Crippen LogP contribution >= 0.6 is 0 Å². The van der Waals surface area contributed by atoms with Crippen LogP contribution in [0.4, 0.5) is 5.69 Å². The minimum absolute atomic E-state index is 0.153. The molecule has 38 heavy (non-hydrogen) atoms. The number of nitrogens with one attached hydrogen (secondary N) is 1. The van der Waals surface area contributed by atoms with Crippen molar-refractivity contribution in [3.63, 3.8) is 0 Å². The topological polar surface area (TPSA) is 87.0 Å². The summed E-state index contributed by atoms with van der Waals surface area (Å²) in [6.07, 6.45) is 3.32. The second kappa shape index (κ2) is 10.6. The average Bonchev–Trinajstić information content (AvgIpc) is 3.27. The van der Waals surface area contributed by atoms with Gasteiger partial charge in [-0.1, -0.05) is 30.3 Å². The monoisotopic (exact) mass is 531 g/mol. The van der Waals surface area contributed by atoms with E-state index in [4.69, 9.17) is 0 Å². The summed E-state index contributed by atoms with van der Waals surface area (Å²) in [6, 6.07) is 20.9. The quantitative estimate of drug-likeness (QED) is 0.386. The van der Waals surface area contributed by atoms with E-state index < -0.39 is 10.0 Å². The van der Waals surface area contributed by atoms with Gasteiger partial charge in [-0.15, -0.1) is 0 Å². The van der Waals surface area contributed by atoms with Crippen LogP contribution in [0.2, 0.25) is 0 Å². The van der Waals surface area contributed by atoms with Crippen LogP contribution in [0.25, 0.3) is 5.52 Å². The van der Waals surface area contributed by atoms with Crippen LogP contribution in [0.1, 0.15) is 45.9 Å². The van der Waals surface area contributed by atoms with E-state index in [0.29, 0.717) is 48.6 Å². The summed E-state index contributed by atoms with van der Waals surface area (Å²) >= 11 is 0. The highest BCUT2D eigenvalue weighted by Crippen LogP contribution is 2.32. The van der Waals surface area contributed by atoms with Gasteiger partial charge >= 0.3 is 0 Å². The molecule has 5 rings (SSSR count). The average molecular weight is 532 g/mol. The van der Waals surface area contributed by atoms with E-state index >= 15 is 0 Å². The van der Waals surface area contributed by atoms with E-state index in [9.17, 15) is 13.2 Å². The fraction of sp³-hybridized carbons (Fsp3) is 0.310. The maximum Gasteiger partial charge on any atom is 0.255 e. The molecule has 198 valence electrons. The third-order valence-electron chi connectivity index (χ3n) is 7.27. The molecule has 0 saturated carbocycles. The molecule has 9 heteroatoms. The van der Waals surface area contributed by atoms with Crippen molar-refractivity contribution >= 4 is 27.1 Å². The first-order chi connectivity index (χ1) is 18.2. The fourth-order valence-corrected chi connectivity index (χ4v) is 6.55. The molecule has 4 aromatic rings. The number of aromatic nitrogens is 2. The summed E-state index contributed by atoms with van der Waals surface area (Å²) in [5, 5.41) is 7.55. The number of amides is 1. The minimum Gasteiger partial charge on any atom is -0.378 e. The lowest BCUT2D eigenvalue weighted by Gasteiger charge is -2.31. The zero-order valence-electron chi connectivity index (χ0n) is 22.0. The summed E-state index contributed by atoms with van der Waals surface area (Å²) in [5.41, 5.74) is 5.11. The van der Waals surface area contributed by atoms with Crippen molar-refractivity contribution in [2.75, 3.05) is 32.1 Å². The molecule has 1 aliphatic rings. The molecular formula is C29H33N5O3S. The number of hydrogen-bond donors (Lipinski definition) is 1. The Kier molecular flexibility index (Phi) is 7.23. The van der Waals surface area contributed by atoms with Gasteiger partial charge in [-0.25, -0.2) is 12.9 Å². The zero-order chi connectivity index (χ0) is 26.9. The molecule has 0 atom stereocenters. The Balaban J connectivity index is 1.30. The number of pyridine rings is 1. The number of anilines is 1. The Morgan fingerprint density at radius 2 is 1.71 bits per heavy atom. The standard InChI is InChI=1S/C29H33N5O3S/c1-21-28(29(35)30-20-22-7-5-4-6-8-22)27-19-24(15-18-34(27)31-21)23-13-16-33(17-14-23)38(36,37)26-11-9-25(10-12-26)32(2)3/h4-12,15,18-19,23H,13-14,16-17,20H2,1-3H3,(H,30,35). The Hall–Kier alpha value is -3.69. The second-order valence-electron chi connectivity index (χ2n) is 9.99. The van der Waals surface area contributed by atoms with Crippen molar-refractivity contribution in [3.05, 3.63) is 95.3 Å². The van der Waals surface area contributed by atoms with Crippen molar-refractivity contribution < 1.29 is 13.2 Å². The van der Waals surface area contributed by atoms with Crippen molar-refractivity contribution in [1.29, 1.82) is 0 Å². The number of rotatable bonds is 7. The molecular weight excluding hydrogens is 498 g/mol. The molecule has 2 aromatic heterocycles. The number of aryl methyl sites for hydroxylation is 1. The first-order valence-corrected chi connectivity index (χ1v) is 14.3. The number of fused-ring (bicyclic) bond motifs is 1. The molecule has 8 nitrogen and oxygen atoms in total. The molecule has 0 aliphatic carbocycles. The number of hydrogen-bond acceptors (Lipinski definition) is 5.